The van der Waals surface area contributed by atoms with E-state index in [0.29, 0.717) is 59.6 Å². The van der Waals surface area contributed by atoms with Gasteiger partial charge < -0.3 is 20.3 Å². The van der Waals surface area contributed by atoms with Crippen molar-refractivity contribution in [3.05, 3.63) is 45.1 Å². The molecule has 2 N–H and O–H groups in total. The van der Waals surface area contributed by atoms with Crippen LogP contribution in [0.15, 0.2) is 29.5 Å². The van der Waals surface area contributed by atoms with Gasteiger partial charge in [-0.25, -0.2) is 14.4 Å². The lowest BCUT2D eigenvalue weighted by atomic mass is 9.94. The van der Waals surface area contributed by atoms with Gasteiger partial charge in [0, 0.05) is 50.5 Å². The summed E-state index contributed by atoms with van der Waals surface area (Å²) in [5.41, 5.74) is 1.59. The van der Waals surface area contributed by atoms with Gasteiger partial charge in [-0.3, -0.25) is 9.80 Å². The van der Waals surface area contributed by atoms with Crippen LogP contribution in [0.2, 0.25) is 10.0 Å². The lowest BCUT2D eigenvalue weighted by molar-refractivity contribution is -0.139. The van der Waals surface area contributed by atoms with E-state index >= 15 is 0 Å². The van der Waals surface area contributed by atoms with Crippen LogP contribution in [-0.2, 0) is 9.53 Å². The lowest BCUT2D eigenvalue weighted by Gasteiger charge is -2.43. The number of carbonyl (C=O) groups excluding carboxylic acids is 3. The van der Waals surface area contributed by atoms with Crippen LogP contribution in [0.4, 0.5) is 9.59 Å². The topological polar surface area (TPSA) is 94.2 Å². The number of halogens is 2. The molecule has 198 valence electrons. The Morgan fingerprint density at radius 1 is 1.19 bits per heavy atom. The molecule has 0 spiro atoms. The van der Waals surface area contributed by atoms with Crippen LogP contribution in [0, 0.1) is 0 Å². The highest BCUT2D eigenvalue weighted by atomic mass is 35.5. The van der Waals surface area contributed by atoms with E-state index < -0.39 is 12.0 Å². The molecule has 0 radical (unpaired) electrons. The molecule has 4 amide bonds. The molecule has 36 heavy (non-hydrogen) atoms. The van der Waals surface area contributed by atoms with Crippen LogP contribution in [-0.4, -0.2) is 84.1 Å². The number of likely N-dealkylation sites (N-methyl/N-ethyl adjacent to an activating group) is 1. The molecule has 11 heteroatoms. The minimum atomic E-state index is -0.736. The summed E-state index contributed by atoms with van der Waals surface area (Å²) in [6.45, 7) is 12.1. The molecule has 0 aromatic heterocycles. The van der Waals surface area contributed by atoms with Crippen molar-refractivity contribution in [3.63, 3.8) is 0 Å². The standard InChI is InChI=1S/C25H35Cl2N5O4/c1-6-31-20(14-30-10-11-32(16(5)13-30)24(34)28-15(3)4)21(23(33)36-7-2)22(29-25(31)35)17-8-9-18(26)19(27)12-17/h8-9,12,15-16,22H,6-7,10-11,13-14H2,1-5H3,(H,28,34)(H,29,35)/t16-,22-/m0/s1. The third-order valence-corrected chi connectivity index (χ3v) is 7.02. The normalized spacial score (nSPS) is 21.1. The van der Waals surface area contributed by atoms with Gasteiger partial charge in [-0.2, -0.15) is 0 Å². The zero-order valence-electron chi connectivity index (χ0n) is 21.4. The molecular formula is C25H35Cl2N5O4. The van der Waals surface area contributed by atoms with Gasteiger partial charge in [-0.15, -0.1) is 0 Å². The molecule has 0 saturated carbocycles. The smallest absolute Gasteiger partial charge is 0.338 e. The van der Waals surface area contributed by atoms with Crippen molar-refractivity contribution < 1.29 is 19.1 Å². The van der Waals surface area contributed by atoms with Gasteiger partial charge in [-0.1, -0.05) is 29.3 Å². The summed E-state index contributed by atoms with van der Waals surface area (Å²) < 4.78 is 5.43. The predicted molar refractivity (Wildman–Crippen MR) is 140 cm³/mol. The molecule has 1 saturated heterocycles. The Morgan fingerprint density at radius 3 is 2.50 bits per heavy atom. The monoisotopic (exact) mass is 539 g/mol. The van der Waals surface area contributed by atoms with E-state index in [-0.39, 0.29) is 30.8 Å². The van der Waals surface area contributed by atoms with Crippen molar-refractivity contribution in [1.82, 2.24) is 25.3 Å². The molecular weight excluding hydrogens is 505 g/mol. The fourth-order valence-corrected chi connectivity index (χ4v) is 4.93. The molecule has 0 aliphatic carbocycles. The second kappa shape index (κ2) is 12.2. The molecule has 0 bridgehead atoms. The van der Waals surface area contributed by atoms with Crippen LogP contribution in [0.3, 0.4) is 0 Å². The van der Waals surface area contributed by atoms with Gasteiger partial charge in [0.05, 0.1) is 28.3 Å². The fourth-order valence-electron chi connectivity index (χ4n) is 4.62. The average Bonchev–Trinajstić information content (AvgIpc) is 2.80. The van der Waals surface area contributed by atoms with Gasteiger partial charge in [0.2, 0.25) is 0 Å². The van der Waals surface area contributed by atoms with E-state index in [1.165, 1.54) is 0 Å². The Morgan fingerprint density at radius 2 is 1.92 bits per heavy atom. The first-order chi connectivity index (χ1) is 17.1. The van der Waals surface area contributed by atoms with Crippen molar-refractivity contribution in [1.29, 1.82) is 0 Å². The number of nitrogens with zero attached hydrogens (tertiary/aromatic N) is 3. The molecule has 2 heterocycles. The van der Waals surface area contributed by atoms with Crippen molar-refractivity contribution in [2.24, 2.45) is 0 Å². The quantitative estimate of drug-likeness (QED) is 0.510. The number of esters is 1. The van der Waals surface area contributed by atoms with Crippen molar-refractivity contribution in [2.45, 2.75) is 52.7 Å². The second-order valence-corrected chi connectivity index (χ2v) is 10.1. The Bertz CT molecular complexity index is 1030. The molecule has 1 aromatic rings. The van der Waals surface area contributed by atoms with Gasteiger partial charge in [0.15, 0.2) is 0 Å². The number of nitrogens with one attached hydrogen (secondary N) is 2. The maximum absolute atomic E-state index is 13.3. The summed E-state index contributed by atoms with van der Waals surface area (Å²) in [5, 5.41) is 6.59. The minimum Gasteiger partial charge on any atom is -0.463 e. The first-order valence-corrected chi connectivity index (χ1v) is 13.1. The molecule has 9 nitrogen and oxygen atoms in total. The Kier molecular flexibility index (Phi) is 9.49. The first kappa shape index (κ1) is 28.1. The number of piperazine rings is 1. The first-order valence-electron chi connectivity index (χ1n) is 12.3. The molecule has 3 rings (SSSR count). The number of carbonyl (C=O) groups is 3. The van der Waals surface area contributed by atoms with Crippen molar-refractivity contribution >= 4 is 41.2 Å². The summed E-state index contributed by atoms with van der Waals surface area (Å²) in [5.74, 6) is -0.495. The largest absolute Gasteiger partial charge is 0.463 e. The number of benzene rings is 1. The Hall–Kier alpha value is -2.49. The van der Waals surface area contributed by atoms with Gasteiger partial charge in [0.25, 0.3) is 0 Å². The maximum atomic E-state index is 13.3. The number of amides is 4. The molecule has 0 unspecified atom stereocenters. The second-order valence-electron chi connectivity index (χ2n) is 9.26. The highest BCUT2D eigenvalue weighted by Gasteiger charge is 2.39. The zero-order chi connectivity index (χ0) is 26.6. The molecule has 2 aliphatic rings. The van der Waals surface area contributed by atoms with E-state index in [1.807, 2.05) is 32.6 Å². The highest BCUT2D eigenvalue weighted by molar-refractivity contribution is 6.42. The number of ether oxygens (including phenoxy) is 1. The number of hydrogen-bond donors (Lipinski definition) is 2. The third kappa shape index (κ3) is 6.25. The number of rotatable bonds is 7. The van der Waals surface area contributed by atoms with Gasteiger partial charge in [-0.05, 0) is 52.3 Å². The third-order valence-electron chi connectivity index (χ3n) is 6.28. The Labute approximate surface area is 222 Å². The maximum Gasteiger partial charge on any atom is 0.338 e. The Balaban J connectivity index is 1.96. The number of urea groups is 2. The zero-order valence-corrected chi connectivity index (χ0v) is 22.9. The van der Waals surface area contributed by atoms with Crippen LogP contribution < -0.4 is 10.6 Å². The van der Waals surface area contributed by atoms with E-state index in [1.54, 1.807) is 30.0 Å². The molecule has 2 aliphatic heterocycles. The van der Waals surface area contributed by atoms with Gasteiger partial charge in [0.1, 0.15) is 0 Å². The predicted octanol–water partition coefficient (Wildman–Crippen LogP) is 4.02. The van der Waals surface area contributed by atoms with E-state index in [4.69, 9.17) is 27.9 Å². The SMILES string of the molecule is CCOC(=O)C1=C(CN2CCN(C(=O)NC(C)C)[C@@H](C)C2)N(CC)C(=O)N[C@H]1c1ccc(Cl)c(Cl)c1. The van der Waals surface area contributed by atoms with Crippen LogP contribution in [0.5, 0.6) is 0 Å². The van der Waals surface area contributed by atoms with E-state index in [9.17, 15) is 14.4 Å². The minimum absolute atomic E-state index is 0.0393. The van der Waals surface area contributed by atoms with Crippen LogP contribution in [0.25, 0.3) is 0 Å². The van der Waals surface area contributed by atoms with Crippen molar-refractivity contribution in [3.8, 4) is 0 Å². The molecule has 1 aromatic carbocycles. The van der Waals surface area contributed by atoms with E-state index in [0.717, 1.165) is 0 Å². The number of hydrogen-bond acceptors (Lipinski definition) is 5. The highest BCUT2D eigenvalue weighted by Crippen LogP contribution is 2.35. The summed E-state index contributed by atoms with van der Waals surface area (Å²) >= 11 is 12.4. The summed E-state index contributed by atoms with van der Waals surface area (Å²) in [6, 6.07) is 3.92. The molecule has 1 fully saturated rings. The fraction of sp³-hybridized carbons (Fsp3) is 0.560. The van der Waals surface area contributed by atoms with Crippen LogP contribution in [0.1, 0.15) is 46.2 Å². The van der Waals surface area contributed by atoms with Crippen LogP contribution >= 0.6 is 23.2 Å². The van der Waals surface area contributed by atoms with Gasteiger partial charge >= 0.3 is 18.0 Å². The van der Waals surface area contributed by atoms with Crippen molar-refractivity contribution in [2.75, 3.05) is 39.3 Å². The lowest BCUT2D eigenvalue weighted by Crippen LogP contribution is -2.58. The molecule has 2 atom stereocenters. The summed E-state index contributed by atoms with van der Waals surface area (Å²) in [4.78, 5) is 44.5. The summed E-state index contributed by atoms with van der Waals surface area (Å²) in [7, 11) is 0. The summed E-state index contributed by atoms with van der Waals surface area (Å²) in [6.07, 6.45) is 0. The average molecular weight is 540 g/mol. The van der Waals surface area contributed by atoms with E-state index in [2.05, 4.69) is 15.5 Å².